The minimum atomic E-state index is 0.401. The topological polar surface area (TPSA) is 38.5 Å². The van der Waals surface area contributed by atoms with E-state index in [0.717, 1.165) is 32.5 Å². The average Bonchev–Trinajstić information content (AvgIpc) is 2.86. The molecule has 2 N–H and O–H groups in total. The molecule has 2 rings (SSSR count). The highest BCUT2D eigenvalue weighted by atomic mass is 32.1. The molecule has 1 atom stereocenters. The zero-order valence-corrected chi connectivity index (χ0v) is 11.3. The zero-order valence-electron chi connectivity index (χ0n) is 10.5. The standard InChI is InChI=1S/C13H22N2OS/c1-2-16-11-5-7-15(8-6-11)12(10-14)13-4-3-9-17-13/h3-4,9,11-12H,2,5-8,10,14H2,1H3. The van der Waals surface area contributed by atoms with Crippen molar-refractivity contribution >= 4 is 11.3 Å². The van der Waals surface area contributed by atoms with Crippen molar-refractivity contribution in [2.45, 2.75) is 31.9 Å². The van der Waals surface area contributed by atoms with Crippen molar-refractivity contribution in [3.63, 3.8) is 0 Å². The van der Waals surface area contributed by atoms with Crippen LogP contribution in [0.1, 0.15) is 30.7 Å². The summed E-state index contributed by atoms with van der Waals surface area (Å²) in [6.45, 7) is 5.81. The van der Waals surface area contributed by atoms with Crippen molar-refractivity contribution in [1.82, 2.24) is 4.90 Å². The van der Waals surface area contributed by atoms with Crippen LogP contribution in [0.3, 0.4) is 0 Å². The molecule has 4 heteroatoms. The molecule has 17 heavy (non-hydrogen) atoms. The number of rotatable bonds is 5. The van der Waals surface area contributed by atoms with Gasteiger partial charge in [-0.1, -0.05) is 6.07 Å². The molecular weight excluding hydrogens is 232 g/mol. The predicted molar refractivity (Wildman–Crippen MR) is 72.3 cm³/mol. The molecule has 1 aliphatic rings. The van der Waals surface area contributed by atoms with Crippen molar-refractivity contribution < 1.29 is 4.74 Å². The summed E-state index contributed by atoms with van der Waals surface area (Å²) in [7, 11) is 0. The van der Waals surface area contributed by atoms with Gasteiger partial charge in [-0.15, -0.1) is 11.3 Å². The first-order valence-electron chi connectivity index (χ1n) is 6.44. The van der Waals surface area contributed by atoms with Crippen molar-refractivity contribution in [1.29, 1.82) is 0 Å². The van der Waals surface area contributed by atoms with Gasteiger partial charge in [0, 0.05) is 31.1 Å². The fourth-order valence-corrected chi connectivity index (χ4v) is 3.39. The van der Waals surface area contributed by atoms with Crippen molar-refractivity contribution in [2.24, 2.45) is 5.73 Å². The van der Waals surface area contributed by atoms with Gasteiger partial charge in [-0.05, 0) is 31.2 Å². The minimum Gasteiger partial charge on any atom is -0.378 e. The lowest BCUT2D eigenvalue weighted by Crippen LogP contribution is -2.41. The van der Waals surface area contributed by atoms with Gasteiger partial charge in [0.25, 0.3) is 0 Å². The highest BCUT2D eigenvalue weighted by Crippen LogP contribution is 2.27. The van der Waals surface area contributed by atoms with Crippen LogP contribution in [0.2, 0.25) is 0 Å². The monoisotopic (exact) mass is 254 g/mol. The van der Waals surface area contributed by atoms with Crippen molar-refractivity contribution in [2.75, 3.05) is 26.2 Å². The van der Waals surface area contributed by atoms with E-state index >= 15 is 0 Å². The first-order valence-corrected chi connectivity index (χ1v) is 7.32. The van der Waals surface area contributed by atoms with E-state index < -0.39 is 0 Å². The molecule has 1 aromatic rings. The fourth-order valence-electron chi connectivity index (χ4n) is 2.52. The summed E-state index contributed by atoms with van der Waals surface area (Å²) < 4.78 is 5.68. The Labute approximate surface area is 108 Å². The average molecular weight is 254 g/mol. The highest BCUT2D eigenvalue weighted by molar-refractivity contribution is 7.10. The SMILES string of the molecule is CCOC1CCN(C(CN)c2cccs2)CC1. The maximum atomic E-state index is 5.92. The molecule has 0 aliphatic carbocycles. The highest BCUT2D eigenvalue weighted by Gasteiger charge is 2.25. The number of thiophene rings is 1. The van der Waals surface area contributed by atoms with E-state index in [-0.39, 0.29) is 0 Å². The number of nitrogens with two attached hydrogens (primary N) is 1. The molecule has 3 nitrogen and oxygen atoms in total. The lowest BCUT2D eigenvalue weighted by Gasteiger charge is -2.36. The molecule has 0 amide bonds. The van der Waals surface area contributed by atoms with Gasteiger partial charge in [0.2, 0.25) is 0 Å². The molecule has 1 aromatic heterocycles. The normalized spacial score (nSPS) is 20.6. The number of nitrogens with zero attached hydrogens (tertiary/aromatic N) is 1. The van der Waals surface area contributed by atoms with E-state index in [2.05, 4.69) is 29.3 Å². The van der Waals surface area contributed by atoms with Crippen LogP contribution in [0.25, 0.3) is 0 Å². The van der Waals surface area contributed by atoms with E-state index in [0.29, 0.717) is 18.7 Å². The Kier molecular flexibility index (Phi) is 4.98. The van der Waals surface area contributed by atoms with Crippen LogP contribution in [0.4, 0.5) is 0 Å². The van der Waals surface area contributed by atoms with Gasteiger partial charge in [0.1, 0.15) is 0 Å². The minimum absolute atomic E-state index is 0.401. The Morgan fingerprint density at radius 2 is 2.29 bits per heavy atom. The van der Waals surface area contributed by atoms with Crippen LogP contribution in [0.15, 0.2) is 17.5 Å². The molecule has 0 bridgehead atoms. The summed E-state index contributed by atoms with van der Waals surface area (Å²) >= 11 is 1.81. The van der Waals surface area contributed by atoms with Crippen molar-refractivity contribution in [3.8, 4) is 0 Å². The molecule has 0 aromatic carbocycles. The first kappa shape index (κ1) is 13.0. The molecule has 1 aliphatic heterocycles. The van der Waals surface area contributed by atoms with E-state index in [1.807, 2.05) is 11.3 Å². The number of hydrogen-bond acceptors (Lipinski definition) is 4. The van der Waals surface area contributed by atoms with Crippen LogP contribution in [-0.2, 0) is 4.74 Å². The fraction of sp³-hybridized carbons (Fsp3) is 0.692. The van der Waals surface area contributed by atoms with Gasteiger partial charge in [0.15, 0.2) is 0 Å². The summed E-state index contributed by atoms with van der Waals surface area (Å²) in [5.74, 6) is 0. The Bertz CT molecular complexity index is 307. The number of likely N-dealkylation sites (tertiary alicyclic amines) is 1. The Morgan fingerprint density at radius 1 is 1.53 bits per heavy atom. The van der Waals surface area contributed by atoms with Gasteiger partial charge < -0.3 is 10.5 Å². The first-order chi connectivity index (χ1) is 8.35. The number of hydrogen-bond donors (Lipinski definition) is 1. The smallest absolute Gasteiger partial charge is 0.0599 e. The zero-order chi connectivity index (χ0) is 12.1. The second-order valence-corrected chi connectivity index (χ2v) is 5.44. The summed E-state index contributed by atoms with van der Waals surface area (Å²) in [5.41, 5.74) is 5.92. The Morgan fingerprint density at radius 3 is 2.82 bits per heavy atom. The molecule has 2 heterocycles. The van der Waals surface area contributed by atoms with Crippen molar-refractivity contribution in [3.05, 3.63) is 22.4 Å². The summed E-state index contributed by atoms with van der Waals surface area (Å²) in [6, 6.07) is 4.70. The molecule has 0 spiro atoms. The lowest BCUT2D eigenvalue weighted by molar-refractivity contribution is 0.00488. The van der Waals surface area contributed by atoms with Crippen LogP contribution in [-0.4, -0.2) is 37.2 Å². The third kappa shape index (κ3) is 3.28. The number of ether oxygens (including phenoxy) is 1. The second-order valence-electron chi connectivity index (χ2n) is 4.46. The largest absolute Gasteiger partial charge is 0.378 e. The van der Waals surface area contributed by atoms with Gasteiger partial charge >= 0.3 is 0 Å². The summed E-state index contributed by atoms with van der Waals surface area (Å²) in [5, 5.41) is 2.13. The van der Waals surface area contributed by atoms with Gasteiger partial charge in [-0.25, -0.2) is 0 Å². The summed E-state index contributed by atoms with van der Waals surface area (Å²) in [6.07, 6.45) is 2.73. The van der Waals surface area contributed by atoms with Crippen LogP contribution in [0, 0.1) is 0 Å². The maximum Gasteiger partial charge on any atom is 0.0599 e. The maximum absolute atomic E-state index is 5.92. The quantitative estimate of drug-likeness (QED) is 0.876. The van der Waals surface area contributed by atoms with E-state index in [1.54, 1.807) is 0 Å². The molecule has 0 radical (unpaired) electrons. The van der Waals surface area contributed by atoms with Gasteiger partial charge in [0.05, 0.1) is 12.1 Å². The van der Waals surface area contributed by atoms with Crippen LogP contribution < -0.4 is 5.73 Å². The molecule has 0 saturated carbocycles. The summed E-state index contributed by atoms with van der Waals surface area (Å²) in [4.78, 5) is 3.89. The van der Waals surface area contributed by atoms with Crippen LogP contribution in [0.5, 0.6) is 0 Å². The van der Waals surface area contributed by atoms with Gasteiger partial charge in [-0.2, -0.15) is 0 Å². The Balaban J connectivity index is 1.90. The molecule has 1 unspecified atom stereocenters. The molecule has 96 valence electrons. The van der Waals surface area contributed by atoms with E-state index in [4.69, 9.17) is 10.5 Å². The Hall–Kier alpha value is -0.420. The lowest BCUT2D eigenvalue weighted by atomic mass is 10.0. The van der Waals surface area contributed by atoms with Gasteiger partial charge in [-0.3, -0.25) is 4.90 Å². The second kappa shape index (κ2) is 6.50. The molecule has 1 fully saturated rings. The van der Waals surface area contributed by atoms with E-state index in [9.17, 15) is 0 Å². The third-order valence-electron chi connectivity index (χ3n) is 3.41. The van der Waals surface area contributed by atoms with E-state index in [1.165, 1.54) is 4.88 Å². The number of piperidine rings is 1. The predicted octanol–water partition coefficient (Wildman–Crippen LogP) is 2.25. The molecular formula is C13H22N2OS. The molecule has 1 saturated heterocycles. The van der Waals surface area contributed by atoms with Crippen LogP contribution >= 0.6 is 11.3 Å². The third-order valence-corrected chi connectivity index (χ3v) is 4.39.